The van der Waals surface area contributed by atoms with Gasteiger partial charge in [0.05, 0.1) is 6.04 Å². The molecule has 0 bridgehead atoms. The van der Waals surface area contributed by atoms with E-state index in [9.17, 15) is 0 Å². The SMILES string of the molecule is CCCNC(C1=CCCC1)c1ccccc1C. The summed E-state index contributed by atoms with van der Waals surface area (Å²) in [5.41, 5.74) is 4.44. The van der Waals surface area contributed by atoms with Crippen molar-refractivity contribution in [1.82, 2.24) is 5.32 Å². The van der Waals surface area contributed by atoms with E-state index < -0.39 is 0 Å². The van der Waals surface area contributed by atoms with Gasteiger partial charge in [0.15, 0.2) is 0 Å². The number of rotatable bonds is 5. The molecule has 92 valence electrons. The van der Waals surface area contributed by atoms with Gasteiger partial charge in [0.1, 0.15) is 0 Å². The number of allylic oxidation sites excluding steroid dienone is 1. The Hall–Kier alpha value is -1.08. The van der Waals surface area contributed by atoms with Crippen molar-refractivity contribution in [2.75, 3.05) is 6.54 Å². The molecule has 1 aliphatic rings. The highest BCUT2D eigenvalue weighted by atomic mass is 14.9. The third kappa shape index (κ3) is 2.98. The van der Waals surface area contributed by atoms with E-state index in [2.05, 4.69) is 49.5 Å². The quantitative estimate of drug-likeness (QED) is 0.748. The Labute approximate surface area is 105 Å². The topological polar surface area (TPSA) is 12.0 Å². The van der Waals surface area contributed by atoms with Gasteiger partial charge < -0.3 is 5.32 Å². The summed E-state index contributed by atoms with van der Waals surface area (Å²) >= 11 is 0. The molecule has 1 aromatic carbocycles. The first-order valence-electron chi connectivity index (χ1n) is 6.80. The summed E-state index contributed by atoms with van der Waals surface area (Å²) in [4.78, 5) is 0. The number of hydrogen-bond donors (Lipinski definition) is 1. The Morgan fingerprint density at radius 2 is 2.12 bits per heavy atom. The first-order valence-corrected chi connectivity index (χ1v) is 6.80. The second kappa shape index (κ2) is 6.02. The van der Waals surface area contributed by atoms with Crippen LogP contribution in [0.4, 0.5) is 0 Å². The third-order valence-corrected chi connectivity index (χ3v) is 3.54. The molecule has 0 saturated carbocycles. The highest BCUT2D eigenvalue weighted by molar-refractivity contribution is 5.35. The van der Waals surface area contributed by atoms with Crippen LogP contribution in [0.2, 0.25) is 0 Å². The first-order chi connectivity index (χ1) is 8.33. The normalized spacial score (nSPS) is 16.9. The smallest absolute Gasteiger partial charge is 0.0538 e. The predicted octanol–water partition coefficient (Wildman–Crippen LogP) is 4.15. The first kappa shape index (κ1) is 12.4. The fourth-order valence-electron chi connectivity index (χ4n) is 2.60. The highest BCUT2D eigenvalue weighted by Crippen LogP contribution is 2.32. The molecule has 0 fully saturated rings. The van der Waals surface area contributed by atoms with Gasteiger partial charge in [0, 0.05) is 0 Å². The lowest BCUT2D eigenvalue weighted by Crippen LogP contribution is -2.24. The number of benzene rings is 1. The van der Waals surface area contributed by atoms with Gasteiger partial charge in [-0.05, 0) is 50.3 Å². The Morgan fingerprint density at radius 3 is 2.76 bits per heavy atom. The molecule has 0 spiro atoms. The summed E-state index contributed by atoms with van der Waals surface area (Å²) < 4.78 is 0. The van der Waals surface area contributed by atoms with Gasteiger partial charge in [-0.3, -0.25) is 0 Å². The Morgan fingerprint density at radius 1 is 1.29 bits per heavy atom. The van der Waals surface area contributed by atoms with Crippen molar-refractivity contribution in [3.8, 4) is 0 Å². The van der Waals surface area contributed by atoms with Crippen molar-refractivity contribution in [2.45, 2.75) is 45.6 Å². The standard InChI is InChI=1S/C16H23N/c1-3-12-17-16(14-9-5-6-10-14)15-11-7-4-8-13(15)2/h4,7-9,11,16-17H,3,5-6,10,12H2,1-2H3. The third-order valence-electron chi connectivity index (χ3n) is 3.54. The second-order valence-corrected chi connectivity index (χ2v) is 4.91. The molecule has 0 radical (unpaired) electrons. The lowest BCUT2D eigenvalue weighted by atomic mass is 9.94. The van der Waals surface area contributed by atoms with Crippen LogP contribution in [-0.2, 0) is 0 Å². The number of nitrogens with one attached hydrogen (secondary N) is 1. The van der Waals surface area contributed by atoms with Gasteiger partial charge in [0.2, 0.25) is 0 Å². The lowest BCUT2D eigenvalue weighted by Gasteiger charge is -2.22. The summed E-state index contributed by atoms with van der Waals surface area (Å²) in [6.45, 7) is 5.53. The van der Waals surface area contributed by atoms with E-state index in [0.29, 0.717) is 6.04 Å². The van der Waals surface area contributed by atoms with Gasteiger partial charge in [-0.1, -0.05) is 42.8 Å². The largest absolute Gasteiger partial charge is 0.307 e. The van der Waals surface area contributed by atoms with E-state index >= 15 is 0 Å². The van der Waals surface area contributed by atoms with E-state index in [-0.39, 0.29) is 0 Å². The fourth-order valence-corrected chi connectivity index (χ4v) is 2.60. The molecule has 1 aromatic rings. The molecule has 1 aliphatic carbocycles. The van der Waals surface area contributed by atoms with Gasteiger partial charge in [-0.15, -0.1) is 0 Å². The van der Waals surface area contributed by atoms with Crippen LogP contribution in [0.25, 0.3) is 0 Å². The Bertz CT molecular complexity index is 392. The van der Waals surface area contributed by atoms with Crippen LogP contribution in [0.15, 0.2) is 35.9 Å². The van der Waals surface area contributed by atoms with E-state index in [1.807, 2.05) is 0 Å². The maximum Gasteiger partial charge on any atom is 0.0538 e. The second-order valence-electron chi connectivity index (χ2n) is 4.91. The average molecular weight is 229 g/mol. The Balaban J connectivity index is 2.23. The van der Waals surface area contributed by atoms with Gasteiger partial charge in [0.25, 0.3) is 0 Å². The monoisotopic (exact) mass is 229 g/mol. The van der Waals surface area contributed by atoms with Crippen LogP contribution >= 0.6 is 0 Å². The highest BCUT2D eigenvalue weighted by Gasteiger charge is 2.19. The summed E-state index contributed by atoms with van der Waals surface area (Å²) in [5, 5.41) is 3.70. The minimum Gasteiger partial charge on any atom is -0.307 e. The maximum atomic E-state index is 3.70. The lowest BCUT2D eigenvalue weighted by molar-refractivity contribution is 0.576. The van der Waals surface area contributed by atoms with Crippen LogP contribution < -0.4 is 5.32 Å². The summed E-state index contributed by atoms with van der Waals surface area (Å²) in [6, 6.07) is 9.20. The molecule has 1 N–H and O–H groups in total. The van der Waals surface area contributed by atoms with Crippen molar-refractivity contribution in [3.05, 3.63) is 47.0 Å². The zero-order chi connectivity index (χ0) is 12.1. The molecule has 17 heavy (non-hydrogen) atoms. The molecule has 0 aromatic heterocycles. The summed E-state index contributed by atoms with van der Waals surface area (Å²) in [6.07, 6.45) is 7.46. The van der Waals surface area contributed by atoms with Crippen molar-refractivity contribution in [3.63, 3.8) is 0 Å². The van der Waals surface area contributed by atoms with E-state index in [1.54, 1.807) is 5.57 Å². The van der Waals surface area contributed by atoms with Crippen molar-refractivity contribution >= 4 is 0 Å². The zero-order valence-corrected chi connectivity index (χ0v) is 11.0. The number of aryl methyl sites for hydroxylation is 1. The van der Waals surface area contributed by atoms with E-state index in [4.69, 9.17) is 0 Å². The van der Waals surface area contributed by atoms with E-state index in [0.717, 1.165) is 6.54 Å². The molecule has 0 saturated heterocycles. The molecule has 0 heterocycles. The minimum absolute atomic E-state index is 0.443. The van der Waals surface area contributed by atoms with Crippen LogP contribution in [0.3, 0.4) is 0 Å². The van der Waals surface area contributed by atoms with Crippen molar-refractivity contribution in [2.24, 2.45) is 0 Å². The van der Waals surface area contributed by atoms with Gasteiger partial charge in [-0.25, -0.2) is 0 Å². The van der Waals surface area contributed by atoms with Gasteiger partial charge >= 0.3 is 0 Å². The molecule has 0 amide bonds. The Kier molecular flexibility index (Phi) is 4.38. The minimum atomic E-state index is 0.443. The van der Waals surface area contributed by atoms with Crippen LogP contribution in [0, 0.1) is 6.92 Å². The summed E-state index contributed by atoms with van der Waals surface area (Å²) in [7, 11) is 0. The number of hydrogen-bond acceptors (Lipinski definition) is 1. The molecule has 1 nitrogen and oxygen atoms in total. The van der Waals surface area contributed by atoms with Crippen LogP contribution in [-0.4, -0.2) is 6.54 Å². The molecule has 2 rings (SSSR count). The molecule has 1 atom stereocenters. The molecule has 1 unspecified atom stereocenters. The maximum absolute atomic E-state index is 3.70. The fraction of sp³-hybridized carbons (Fsp3) is 0.500. The van der Waals surface area contributed by atoms with Crippen LogP contribution in [0.1, 0.15) is 49.8 Å². The average Bonchev–Trinajstić information content (AvgIpc) is 2.85. The van der Waals surface area contributed by atoms with Crippen LogP contribution in [0.5, 0.6) is 0 Å². The zero-order valence-electron chi connectivity index (χ0n) is 11.0. The predicted molar refractivity (Wildman–Crippen MR) is 74.1 cm³/mol. The molecule has 0 aliphatic heterocycles. The molecular weight excluding hydrogens is 206 g/mol. The van der Waals surface area contributed by atoms with Crippen molar-refractivity contribution < 1.29 is 0 Å². The molecule has 1 heteroatoms. The van der Waals surface area contributed by atoms with E-state index in [1.165, 1.54) is 36.8 Å². The summed E-state index contributed by atoms with van der Waals surface area (Å²) in [5.74, 6) is 0. The van der Waals surface area contributed by atoms with Gasteiger partial charge in [-0.2, -0.15) is 0 Å². The molecular formula is C16H23N. The van der Waals surface area contributed by atoms with Crippen molar-refractivity contribution in [1.29, 1.82) is 0 Å².